The number of aliphatic hydroxyl groups excluding tert-OH is 1. The highest BCUT2D eigenvalue weighted by atomic mass is 16.4. The number of likely N-dealkylation sites (tertiary alicyclic amines) is 1. The Morgan fingerprint density at radius 2 is 2.00 bits per heavy atom. The number of hydrogen-bond donors (Lipinski definition) is 2. The van der Waals surface area contributed by atoms with Crippen LogP contribution in [0.4, 0.5) is 0 Å². The predicted molar refractivity (Wildman–Crippen MR) is 51.1 cm³/mol. The largest absolute Gasteiger partial charge is 0.481 e. The Labute approximate surface area is 87.7 Å². The first-order chi connectivity index (χ1) is 7.09. The third kappa shape index (κ3) is 2.12. The van der Waals surface area contributed by atoms with Crippen LogP contribution >= 0.6 is 0 Å². The van der Waals surface area contributed by atoms with Gasteiger partial charge >= 0.3 is 5.97 Å². The number of amides is 1. The van der Waals surface area contributed by atoms with Crippen molar-refractivity contribution in [3.05, 3.63) is 0 Å². The van der Waals surface area contributed by atoms with Gasteiger partial charge in [0.2, 0.25) is 5.91 Å². The van der Waals surface area contributed by atoms with Gasteiger partial charge in [-0.1, -0.05) is 0 Å². The molecule has 1 saturated heterocycles. The molecule has 3 atom stereocenters. The van der Waals surface area contributed by atoms with E-state index in [1.807, 2.05) is 0 Å². The molecule has 1 heterocycles. The van der Waals surface area contributed by atoms with Crippen LogP contribution in [0.5, 0.6) is 0 Å². The molecule has 2 fully saturated rings. The van der Waals surface area contributed by atoms with Gasteiger partial charge in [0.25, 0.3) is 0 Å². The molecule has 0 spiro atoms. The van der Waals surface area contributed by atoms with Crippen LogP contribution in [0.15, 0.2) is 0 Å². The molecule has 5 heteroatoms. The summed E-state index contributed by atoms with van der Waals surface area (Å²) in [6, 6.07) is 0. The van der Waals surface area contributed by atoms with Gasteiger partial charge in [-0.25, -0.2) is 0 Å². The Morgan fingerprint density at radius 1 is 1.27 bits per heavy atom. The number of aliphatic carboxylic acids is 1. The lowest BCUT2D eigenvalue weighted by atomic mass is 10.1. The molecular formula is C10H15NO4. The molecule has 0 bridgehead atoms. The molecule has 2 N–H and O–H groups in total. The van der Waals surface area contributed by atoms with Gasteiger partial charge in [-0.05, 0) is 19.3 Å². The summed E-state index contributed by atoms with van der Waals surface area (Å²) in [6.07, 6.45) is 1.55. The fourth-order valence-electron chi connectivity index (χ4n) is 2.13. The average Bonchev–Trinajstić information content (AvgIpc) is 2.96. The van der Waals surface area contributed by atoms with Crippen LogP contribution in [-0.4, -0.2) is 46.2 Å². The molecule has 1 saturated carbocycles. The first-order valence-electron chi connectivity index (χ1n) is 5.29. The lowest BCUT2D eigenvalue weighted by Gasteiger charge is -2.30. The molecule has 5 nitrogen and oxygen atoms in total. The van der Waals surface area contributed by atoms with E-state index in [2.05, 4.69) is 0 Å². The zero-order valence-electron chi connectivity index (χ0n) is 8.43. The van der Waals surface area contributed by atoms with Gasteiger partial charge < -0.3 is 15.1 Å². The number of hydrogen-bond acceptors (Lipinski definition) is 3. The molecule has 84 valence electrons. The average molecular weight is 213 g/mol. The molecule has 0 aromatic carbocycles. The van der Waals surface area contributed by atoms with Crippen molar-refractivity contribution in [1.29, 1.82) is 0 Å². The molecule has 0 radical (unpaired) electrons. The Bertz CT molecular complexity index is 291. The topological polar surface area (TPSA) is 77.8 Å². The lowest BCUT2D eigenvalue weighted by molar-refractivity contribution is -0.142. The number of carbonyl (C=O) groups excluding carboxylic acids is 1. The van der Waals surface area contributed by atoms with E-state index in [-0.39, 0.29) is 11.8 Å². The second kappa shape index (κ2) is 3.81. The minimum absolute atomic E-state index is 0.0962. The quantitative estimate of drug-likeness (QED) is 0.659. The highest BCUT2D eigenvalue weighted by Gasteiger charge is 2.50. The summed E-state index contributed by atoms with van der Waals surface area (Å²) in [7, 11) is 0. The SMILES string of the molecule is O=C(O)[C@H]1C[C@H]1C(=O)N1CCCC(O)C1. The van der Waals surface area contributed by atoms with Gasteiger partial charge in [0.05, 0.1) is 17.9 Å². The van der Waals surface area contributed by atoms with Crippen LogP contribution in [0.25, 0.3) is 0 Å². The van der Waals surface area contributed by atoms with Crippen LogP contribution in [-0.2, 0) is 9.59 Å². The van der Waals surface area contributed by atoms with E-state index in [0.717, 1.165) is 12.8 Å². The van der Waals surface area contributed by atoms with E-state index in [4.69, 9.17) is 5.11 Å². The molecule has 15 heavy (non-hydrogen) atoms. The first-order valence-corrected chi connectivity index (χ1v) is 5.29. The fraction of sp³-hybridized carbons (Fsp3) is 0.800. The molecule has 2 aliphatic rings. The number of piperidine rings is 1. The van der Waals surface area contributed by atoms with Crippen LogP contribution in [0.1, 0.15) is 19.3 Å². The Balaban J connectivity index is 1.89. The van der Waals surface area contributed by atoms with Gasteiger partial charge in [0.1, 0.15) is 0 Å². The van der Waals surface area contributed by atoms with E-state index in [0.29, 0.717) is 19.5 Å². The minimum Gasteiger partial charge on any atom is -0.481 e. The lowest BCUT2D eigenvalue weighted by Crippen LogP contribution is -2.43. The Hall–Kier alpha value is -1.10. The minimum atomic E-state index is -0.883. The van der Waals surface area contributed by atoms with Crippen molar-refractivity contribution in [3.8, 4) is 0 Å². The highest BCUT2D eigenvalue weighted by molar-refractivity contribution is 5.89. The number of rotatable bonds is 2. The van der Waals surface area contributed by atoms with Gasteiger partial charge in [0, 0.05) is 13.1 Å². The van der Waals surface area contributed by atoms with Crippen LogP contribution in [0, 0.1) is 11.8 Å². The van der Waals surface area contributed by atoms with Crippen LogP contribution in [0.3, 0.4) is 0 Å². The number of β-amino-alcohol motifs (C(OH)–C–C–N with tert-alkyl or cyclic N) is 1. The van der Waals surface area contributed by atoms with Crippen molar-refractivity contribution in [2.24, 2.45) is 11.8 Å². The fourth-order valence-corrected chi connectivity index (χ4v) is 2.13. The van der Waals surface area contributed by atoms with Gasteiger partial charge in [-0.2, -0.15) is 0 Å². The Morgan fingerprint density at radius 3 is 2.53 bits per heavy atom. The van der Waals surface area contributed by atoms with Crippen molar-refractivity contribution in [1.82, 2.24) is 4.90 Å². The summed E-state index contributed by atoms with van der Waals surface area (Å²) in [5, 5.41) is 18.1. The van der Waals surface area contributed by atoms with Crippen molar-refractivity contribution >= 4 is 11.9 Å². The Kier molecular flexibility index (Phi) is 2.65. The van der Waals surface area contributed by atoms with Gasteiger partial charge in [-0.15, -0.1) is 0 Å². The summed E-state index contributed by atoms with van der Waals surface area (Å²) in [4.78, 5) is 24.0. The number of carboxylic acids is 1. The second-order valence-electron chi connectivity index (χ2n) is 4.37. The van der Waals surface area contributed by atoms with Crippen LogP contribution < -0.4 is 0 Å². The van der Waals surface area contributed by atoms with Crippen molar-refractivity contribution in [3.63, 3.8) is 0 Å². The first kappa shape index (κ1) is 10.4. The van der Waals surface area contributed by atoms with Gasteiger partial charge in [0.15, 0.2) is 0 Å². The maximum atomic E-state index is 11.8. The summed E-state index contributed by atoms with van der Waals surface area (Å²) in [5.74, 6) is -1.81. The summed E-state index contributed by atoms with van der Waals surface area (Å²) >= 11 is 0. The predicted octanol–water partition coefficient (Wildman–Crippen LogP) is -0.310. The summed E-state index contributed by atoms with van der Waals surface area (Å²) in [5.41, 5.74) is 0. The number of nitrogens with zero attached hydrogens (tertiary/aromatic N) is 1. The molecule has 1 amide bonds. The number of carbonyl (C=O) groups is 2. The second-order valence-corrected chi connectivity index (χ2v) is 4.37. The maximum Gasteiger partial charge on any atom is 0.307 e. The zero-order chi connectivity index (χ0) is 11.0. The molecular weight excluding hydrogens is 198 g/mol. The third-order valence-electron chi connectivity index (χ3n) is 3.13. The monoisotopic (exact) mass is 213 g/mol. The maximum absolute atomic E-state index is 11.8. The van der Waals surface area contributed by atoms with E-state index in [1.54, 1.807) is 4.90 Å². The summed E-state index contributed by atoms with van der Waals surface area (Å²) < 4.78 is 0. The van der Waals surface area contributed by atoms with E-state index >= 15 is 0 Å². The van der Waals surface area contributed by atoms with Crippen molar-refractivity contribution in [2.75, 3.05) is 13.1 Å². The number of aliphatic hydroxyl groups is 1. The zero-order valence-corrected chi connectivity index (χ0v) is 8.43. The smallest absolute Gasteiger partial charge is 0.307 e. The van der Waals surface area contributed by atoms with Crippen molar-refractivity contribution in [2.45, 2.75) is 25.4 Å². The molecule has 1 aliphatic heterocycles. The van der Waals surface area contributed by atoms with Crippen LogP contribution in [0.2, 0.25) is 0 Å². The van der Waals surface area contributed by atoms with Crippen molar-refractivity contribution < 1.29 is 19.8 Å². The number of carboxylic acid groups (broad SMARTS) is 1. The molecule has 0 aromatic heterocycles. The van der Waals surface area contributed by atoms with E-state index < -0.39 is 18.0 Å². The standard InChI is InChI=1S/C10H15NO4/c12-6-2-1-3-11(5-6)9(13)7-4-8(7)10(14)15/h6-8,12H,1-5H2,(H,14,15)/t6?,7-,8+/m1/s1. The molecule has 1 unspecified atom stereocenters. The highest BCUT2D eigenvalue weighted by Crippen LogP contribution is 2.40. The normalized spacial score (nSPS) is 35.0. The van der Waals surface area contributed by atoms with E-state index in [9.17, 15) is 14.7 Å². The van der Waals surface area contributed by atoms with Gasteiger partial charge in [-0.3, -0.25) is 9.59 Å². The third-order valence-corrected chi connectivity index (χ3v) is 3.13. The molecule has 0 aromatic rings. The van der Waals surface area contributed by atoms with E-state index in [1.165, 1.54) is 0 Å². The summed E-state index contributed by atoms with van der Waals surface area (Å²) in [6.45, 7) is 1.01. The molecule has 2 rings (SSSR count). The molecule has 1 aliphatic carbocycles.